The standard InChI is InChI=1S/C32H35NO6/c1-37-32(36)28-19-27-24(13-8-14-29(27)38-21-22-9-4-2-5-10-22)20-33(28)31(35)30(23-11-6-3-7-12-23)39-26-17-15-25(34)16-18-26/h2-14,25-26,28,30,34H,15-21H2,1H3. The summed E-state index contributed by atoms with van der Waals surface area (Å²) < 4.78 is 17.8. The van der Waals surface area contributed by atoms with Gasteiger partial charge in [0.1, 0.15) is 18.4 Å². The summed E-state index contributed by atoms with van der Waals surface area (Å²) in [6.07, 6.45) is 1.62. The third-order valence-corrected chi connectivity index (χ3v) is 7.64. The first-order valence-electron chi connectivity index (χ1n) is 13.6. The molecule has 2 aliphatic rings. The summed E-state index contributed by atoms with van der Waals surface area (Å²) in [4.78, 5) is 28.8. The zero-order valence-electron chi connectivity index (χ0n) is 22.2. The zero-order chi connectivity index (χ0) is 27.2. The Balaban J connectivity index is 1.42. The lowest BCUT2D eigenvalue weighted by atomic mass is 9.91. The Morgan fingerprint density at radius 1 is 0.923 bits per heavy atom. The van der Waals surface area contributed by atoms with Crippen LogP contribution in [0.25, 0.3) is 0 Å². The van der Waals surface area contributed by atoms with Gasteiger partial charge in [-0.25, -0.2) is 4.79 Å². The molecular weight excluding hydrogens is 494 g/mol. The minimum Gasteiger partial charge on any atom is -0.489 e. The van der Waals surface area contributed by atoms with E-state index in [-0.39, 0.29) is 31.1 Å². The average Bonchev–Trinajstić information content (AvgIpc) is 2.99. The fourth-order valence-electron chi connectivity index (χ4n) is 5.47. The van der Waals surface area contributed by atoms with E-state index in [9.17, 15) is 14.7 Å². The topological polar surface area (TPSA) is 85.3 Å². The molecule has 1 N–H and O–H groups in total. The van der Waals surface area contributed by atoms with E-state index in [2.05, 4.69) is 0 Å². The molecule has 39 heavy (non-hydrogen) atoms. The van der Waals surface area contributed by atoms with E-state index in [0.29, 0.717) is 38.0 Å². The van der Waals surface area contributed by atoms with Crippen LogP contribution in [-0.4, -0.2) is 47.2 Å². The average molecular weight is 530 g/mol. The second kappa shape index (κ2) is 12.5. The highest BCUT2D eigenvalue weighted by Gasteiger charge is 2.41. The van der Waals surface area contributed by atoms with Crippen molar-refractivity contribution in [2.75, 3.05) is 7.11 Å². The van der Waals surface area contributed by atoms with Gasteiger partial charge >= 0.3 is 5.97 Å². The van der Waals surface area contributed by atoms with Gasteiger partial charge in [0, 0.05) is 18.5 Å². The number of carbonyl (C=O) groups excluding carboxylic acids is 2. The largest absolute Gasteiger partial charge is 0.489 e. The molecule has 3 aromatic rings. The first-order valence-corrected chi connectivity index (χ1v) is 13.6. The van der Waals surface area contributed by atoms with Gasteiger partial charge in [-0.2, -0.15) is 0 Å². The van der Waals surface area contributed by atoms with Crippen LogP contribution in [0.15, 0.2) is 78.9 Å². The summed E-state index contributed by atoms with van der Waals surface area (Å²) in [6.45, 7) is 0.648. The quantitative estimate of drug-likeness (QED) is 0.424. The lowest BCUT2D eigenvalue weighted by molar-refractivity contribution is -0.163. The van der Waals surface area contributed by atoms with Gasteiger partial charge < -0.3 is 24.2 Å². The van der Waals surface area contributed by atoms with Crippen LogP contribution in [-0.2, 0) is 38.6 Å². The van der Waals surface area contributed by atoms with Crippen molar-refractivity contribution >= 4 is 11.9 Å². The van der Waals surface area contributed by atoms with Crippen molar-refractivity contribution in [3.8, 4) is 5.75 Å². The van der Waals surface area contributed by atoms with E-state index < -0.39 is 18.1 Å². The molecule has 204 valence electrons. The smallest absolute Gasteiger partial charge is 0.328 e. The predicted octanol–water partition coefficient (Wildman–Crippen LogP) is 4.75. The van der Waals surface area contributed by atoms with Crippen molar-refractivity contribution in [2.24, 2.45) is 0 Å². The van der Waals surface area contributed by atoms with Gasteiger partial charge in [0.25, 0.3) is 5.91 Å². The predicted molar refractivity (Wildman–Crippen MR) is 146 cm³/mol. The SMILES string of the molecule is COC(=O)C1Cc2c(cccc2OCc2ccccc2)CN1C(=O)C(OC1CCC(O)CC1)c1ccccc1. The van der Waals surface area contributed by atoms with Crippen molar-refractivity contribution in [3.05, 3.63) is 101 Å². The Morgan fingerprint density at radius 2 is 1.62 bits per heavy atom. The molecule has 2 unspecified atom stereocenters. The van der Waals surface area contributed by atoms with E-state index in [1.165, 1.54) is 7.11 Å². The number of carbonyl (C=O) groups is 2. The third-order valence-electron chi connectivity index (χ3n) is 7.64. The van der Waals surface area contributed by atoms with Crippen LogP contribution in [0.4, 0.5) is 0 Å². The molecule has 1 aliphatic carbocycles. The Hall–Kier alpha value is -3.68. The second-order valence-corrected chi connectivity index (χ2v) is 10.2. The summed E-state index contributed by atoms with van der Waals surface area (Å²) in [5, 5.41) is 9.94. The van der Waals surface area contributed by atoms with Crippen molar-refractivity contribution in [1.82, 2.24) is 4.90 Å². The molecule has 7 heteroatoms. The fourth-order valence-corrected chi connectivity index (χ4v) is 5.47. The Kier molecular flexibility index (Phi) is 8.59. The molecule has 5 rings (SSSR count). The number of nitrogens with zero attached hydrogens (tertiary/aromatic N) is 1. The van der Waals surface area contributed by atoms with Crippen molar-refractivity contribution < 1.29 is 28.9 Å². The molecule has 0 radical (unpaired) electrons. The van der Waals surface area contributed by atoms with Crippen LogP contribution in [0.2, 0.25) is 0 Å². The zero-order valence-corrected chi connectivity index (χ0v) is 22.2. The van der Waals surface area contributed by atoms with E-state index in [1.54, 1.807) is 4.90 Å². The number of rotatable bonds is 8. The van der Waals surface area contributed by atoms with Crippen molar-refractivity contribution in [1.29, 1.82) is 0 Å². The molecule has 1 heterocycles. The number of aliphatic hydroxyl groups is 1. The summed E-state index contributed by atoms with van der Waals surface area (Å²) in [5.41, 5.74) is 3.63. The molecular formula is C32H35NO6. The highest BCUT2D eigenvalue weighted by molar-refractivity contribution is 5.88. The summed E-state index contributed by atoms with van der Waals surface area (Å²) in [5.74, 6) is -0.0441. The van der Waals surface area contributed by atoms with E-state index in [0.717, 1.165) is 22.3 Å². The van der Waals surface area contributed by atoms with Crippen LogP contribution >= 0.6 is 0 Å². The van der Waals surface area contributed by atoms with Crippen LogP contribution in [0.5, 0.6) is 5.75 Å². The maximum atomic E-state index is 14.2. The number of amides is 1. The van der Waals surface area contributed by atoms with Gasteiger partial charge in [-0.3, -0.25) is 4.79 Å². The van der Waals surface area contributed by atoms with Gasteiger partial charge in [-0.15, -0.1) is 0 Å². The van der Waals surface area contributed by atoms with E-state index >= 15 is 0 Å². The molecule has 7 nitrogen and oxygen atoms in total. The first-order chi connectivity index (χ1) is 19.0. The van der Waals surface area contributed by atoms with Crippen molar-refractivity contribution in [3.63, 3.8) is 0 Å². The molecule has 2 atom stereocenters. The Bertz CT molecular complexity index is 1260. The molecule has 0 spiro atoms. The lowest BCUT2D eigenvalue weighted by Gasteiger charge is -2.38. The number of methoxy groups -OCH3 is 1. The van der Waals surface area contributed by atoms with Gasteiger partial charge in [0.05, 0.1) is 19.3 Å². The first kappa shape index (κ1) is 26.9. The van der Waals surface area contributed by atoms with Gasteiger partial charge in [-0.1, -0.05) is 72.8 Å². The monoisotopic (exact) mass is 529 g/mol. The normalized spacial score (nSPS) is 21.5. The number of hydrogen-bond acceptors (Lipinski definition) is 6. The Labute approximate surface area is 229 Å². The number of hydrogen-bond donors (Lipinski definition) is 1. The lowest BCUT2D eigenvalue weighted by Crippen LogP contribution is -2.51. The van der Waals surface area contributed by atoms with Crippen LogP contribution < -0.4 is 4.74 Å². The highest BCUT2D eigenvalue weighted by atomic mass is 16.5. The fraction of sp³-hybridized carbons (Fsp3) is 0.375. The minimum absolute atomic E-state index is 0.144. The number of fused-ring (bicyclic) bond motifs is 1. The molecule has 1 aliphatic heterocycles. The molecule has 3 aromatic carbocycles. The van der Waals surface area contributed by atoms with Gasteiger partial charge in [0.2, 0.25) is 0 Å². The number of ether oxygens (including phenoxy) is 3. The molecule has 0 saturated heterocycles. The molecule has 1 amide bonds. The molecule has 1 saturated carbocycles. The minimum atomic E-state index is -0.863. The van der Waals surface area contributed by atoms with E-state index in [4.69, 9.17) is 14.2 Å². The maximum Gasteiger partial charge on any atom is 0.328 e. The summed E-state index contributed by atoms with van der Waals surface area (Å²) in [7, 11) is 1.34. The van der Waals surface area contributed by atoms with Crippen LogP contribution in [0.3, 0.4) is 0 Å². The number of esters is 1. The summed E-state index contributed by atoms with van der Waals surface area (Å²) >= 11 is 0. The van der Waals surface area contributed by atoms with Crippen molar-refractivity contribution in [2.45, 2.75) is 69.6 Å². The molecule has 0 aromatic heterocycles. The molecule has 0 bridgehead atoms. The second-order valence-electron chi connectivity index (χ2n) is 10.2. The maximum absolute atomic E-state index is 14.2. The number of benzene rings is 3. The van der Waals surface area contributed by atoms with Gasteiger partial charge in [0.15, 0.2) is 6.10 Å². The molecule has 1 fully saturated rings. The Morgan fingerprint density at radius 3 is 2.31 bits per heavy atom. The number of aliphatic hydroxyl groups excluding tert-OH is 1. The van der Waals surface area contributed by atoms with Crippen LogP contribution in [0, 0.1) is 0 Å². The highest BCUT2D eigenvalue weighted by Crippen LogP contribution is 2.35. The van der Waals surface area contributed by atoms with Crippen LogP contribution in [0.1, 0.15) is 54.0 Å². The van der Waals surface area contributed by atoms with E-state index in [1.807, 2.05) is 78.9 Å². The van der Waals surface area contributed by atoms with Gasteiger partial charge in [-0.05, 0) is 48.4 Å². The third kappa shape index (κ3) is 6.32. The summed E-state index contributed by atoms with van der Waals surface area (Å²) in [6, 6.07) is 24.3.